The van der Waals surface area contributed by atoms with Crippen molar-refractivity contribution in [3.05, 3.63) is 47.2 Å². The number of hydrogen-bond acceptors (Lipinski definition) is 5. The summed E-state index contributed by atoms with van der Waals surface area (Å²) >= 11 is 0. The molecule has 0 aliphatic heterocycles. The van der Waals surface area contributed by atoms with Crippen molar-refractivity contribution in [2.24, 2.45) is 5.10 Å². The Balaban J connectivity index is 2.12. The van der Waals surface area contributed by atoms with Crippen LogP contribution in [0.1, 0.15) is 49.8 Å². The number of anilines is 1. The minimum absolute atomic E-state index is 0.179. The Labute approximate surface area is 128 Å². The van der Waals surface area contributed by atoms with E-state index in [1.165, 1.54) is 18.3 Å². The van der Waals surface area contributed by atoms with Gasteiger partial charge in [0, 0.05) is 5.92 Å². The highest BCUT2D eigenvalue weighted by atomic mass is 19.1. The highest BCUT2D eigenvalue weighted by Crippen LogP contribution is 2.26. The molecule has 1 aromatic carbocycles. The van der Waals surface area contributed by atoms with Gasteiger partial charge in [0.15, 0.2) is 0 Å². The molecule has 2 rings (SSSR count). The highest BCUT2D eigenvalue weighted by Gasteiger charge is 2.18. The molecule has 22 heavy (non-hydrogen) atoms. The van der Waals surface area contributed by atoms with E-state index in [4.69, 9.17) is 9.68 Å². The molecule has 0 amide bonds. The second-order valence-corrected chi connectivity index (χ2v) is 4.78. The lowest BCUT2D eigenvalue weighted by Gasteiger charge is -2.05. The number of hydrogen-bond donors (Lipinski definition) is 1. The monoisotopic (exact) mass is 300 g/mol. The molecule has 1 N–H and O–H groups in total. The Bertz CT molecular complexity index is 681. The van der Waals surface area contributed by atoms with Gasteiger partial charge in [-0.15, -0.1) is 0 Å². The number of oxazole rings is 1. The standard InChI is InChI=1S/C16H17FN4O/c1-3-12(4-2)15-20-14(9-18)16(22-15)21-19-10-11-5-7-13(17)8-6-11/h5-8,10,12,21H,3-4H2,1-2H3. The van der Waals surface area contributed by atoms with Crippen molar-refractivity contribution in [2.75, 3.05) is 5.43 Å². The van der Waals surface area contributed by atoms with Gasteiger partial charge in [-0.25, -0.2) is 14.8 Å². The van der Waals surface area contributed by atoms with Gasteiger partial charge >= 0.3 is 0 Å². The van der Waals surface area contributed by atoms with E-state index >= 15 is 0 Å². The molecule has 0 atom stereocenters. The van der Waals surface area contributed by atoms with E-state index in [-0.39, 0.29) is 23.3 Å². The first-order chi connectivity index (χ1) is 10.7. The van der Waals surface area contributed by atoms with Crippen LogP contribution in [0.15, 0.2) is 33.8 Å². The molecule has 0 aliphatic rings. The average molecular weight is 300 g/mol. The fourth-order valence-electron chi connectivity index (χ4n) is 2.02. The quantitative estimate of drug-likeness (QED) is 0.645. The fraction of sp³-hybridized carbons (Fsp3) is 0.312. The van der Waals surface area contributed by atoms with Crippen molar-refractivity contribution in [3.63, 3.8) is 0 Å². The largest absolute Gasteiger partial charge is 0.422 e. The number of nitriles is 1. The van der Waals surface area contributed by atoms with E-state index < -0.39 is 0 Å². The predicted molar refractivity (Wildman–Crippen MR) is 82.2 cm³/mol. The molecule has 0 radical (unpaired) electrons. The number of aromatic nitrogens is 1. The molecule has 0 fully saturated rings. The summed E-state index contributed by atoms with van der Waals surface area (Å²) in [5.41, 5.74) is 3.58. The summed E-state index contributed by atoms with van der Waals surface area (Å²) in [4.78, 5) is 4.19. The van der Waals surface area contributed by atoms with E-state index in [1.807, 2.05) is 19.9 Å². The van der Waals surface area contributed by atoms with Crippen molar-refractivity contribution in [2.45, 2.75) is 32.6 Å². The molecule has 1 aromatic heterocycles. The number of halogens is 1. The van der Waals surface area contributed by atoms with Crippen molar-refractivity contribution in [1.29, 1.82) is 5.26 Å². The number of benzene rings is 1. The van der Waals surface area contributed by atoms with E-state index in [1.54, 1.807) is 12.1 Å². The minimum Gasteiger partial charge on any atom is -0.422 e. The lowest BCUT2D eigenvalue weighted by Crippen LogP contribution is -1.95. The van der Waals surface area contributed by atoms with Crippen LogP contribution in [0.5, 0.6) is 0 Å². The zero-order chi connectivity index (χ0) is 15.9. The van der Waals surface area contributed by atoms with Crippen LogP contribution in [0.25, 0.3) is 0 Å². The second-order valence-electron chi connectivity index (χ2n) is 4.78. The molecular formula is C16H17FN4O. The van der Waals surface area contributed by atoms with Crippen LogP contribution in [0.2, 0.25) is 0 Å². The van der Waals surface area contributed by atoms with Gasteiger partial charge in [-0.05, 0) is 30.5 Å². The molecule has 0 spiro atoms. The molecule has 1 heterocycles. The molecular weight excluding hydrogens is 283 g/mol. The van der Waals surface area contributed by atoms with Gasteiger partial charge in [-0.1, -0.05) is 26.0 Å². The lowest BCUT2D eigenvalue weighted by atomic mass is 10.0. The van der Waals surface area contributed by atoms with Gasteiger partial charge in [-0.2, -0.15) is 10.4 Å². The number of nitrogens with zero attached hydrogens (tertiary/aromatic N) is 3. The SMILES string of the molecule is CCC(CC)c1nc(C#N)c(NN=Cc2ccc(F)cc2)o1. The maximum atomic E-state index is 12.8. The van der Waals surface area contributed by atoms with Gasteiger partial charge in [0.2, 0.25) is 11.6 Å². The topological polar surface area (TPSA) is 74.2 Å². The summed E-state index contributed by atoms with van der Waals surface area (Å²) in [5, 5.41) is 13.1. The fourth-order valence-corrected chi connectivity index (χ4v) is 2.02. The molecule has 0 bridgehead atoms. The van der Waals surface area contributed by atoms with Crippen LogP contribution in [0.3, 0.4) is 0 Å². The Kier molecular flexibility index (Phi) is 5.26. The number of hydrazone groups is 1. The van der Waals surface area contributed by atoms with Gasteiger partial charge in [0.1, 0.15) is 11.9 Å². The first kappa shape index (κ1) is 15.7. The Morgan fingerprint density at radius 3 is 2.64 bits per heavy atom. The summed E-state index contributed by atoms with van der Waals surface area (Å²) in [5.74, 6) is 0.648. The third kappa shape index (κ3) is 3.70. The molecule has 114 valence electrons. The van der Waals surface area contributed by atoms with Crippen LogP contribution in [-0.2, 0) is 0 Å². The van der Waals surface area contributed by atoms with Crippen molar-refractivity contribution in [1.82, 2.24) is 4.98 Å². The molecule has 5 nitrogen and oxygen atoms in total. The van der Waals surface area contributed by atoms with Gasteiger partial charge in [0.25, 0.3) is 5.88 Å². The zero-order valence-corrected chi connectivity index (χ0v) is 12.5. The van der Waals surface area contributed by atoms with Crippen LogP contribution in [0.4, 0.5) is 10.3 Å². The summed E-state index contributed by atoms with van der Waals surface area (Å²) in [6.07, 6.45) is 3.29. The first-order valence-corrected chi connectivity index (χ1v) is 7.13. The third-order valence-corrected chi connectivity index (χ3v) is 3.33. The summed E-state index contributed by atoms with van der Waals surface area (Å²) < 4.78 is 18.4. The van der Waals surface area contributed by atoms with Crippen molar-refractivity contribution >= 4 is 12.1 Å². The average Bonchev–Trinajstić information content (AvgIpc) is 2.94. The zero-order valence-electron chi connectivity index (χ0n) is 12.5. The van der Waals surface area contributed by atoms with E-state index in [0.29, 0.717) is 5.89 Å². The number of rotatable bonds is 6. The molecule has 2 aromatic rings. The van der Waals surface area contributed by atoms with Gasteiger partial charge < -0.3 is 4.42 Å². The predicted octanol–water partition coefficient (Wildman–Crippen LogP) is 4.03. The van der Waals surface area contributed by atoms with E-state index in [9.17, 15) is 4.39 Å². The van der Waals surface area contributed by atoms with Crippen LogP contribution < -0.4 is 5.43 Å². The van der Waals surface area contributed by atoms with Crippen molar-refractivity contribution < 1.29 is 8.81 Å². The second kappa shape index (κ2) is 7.36. The van der Waals surface area contributed by atoms with Crippen LogP contribution >= 0.6 is 0 Å². The van der Waals surface area contributed by atoms with Crippen molar-refractivity contribution in [3.8, 4) is 6.07 Å². The summed E-state index contributed by atoms with van der Waals surface area (Å²) in [6, 6.07) is 7.88. The molecule has 0 saturated heterocycles. The maximum absolute atomic E-state index is 12.8. The first-order valence-electron chi connectivity index (χ1n) is 7.13. The molecule has 0 saturated carbocycles. The van der Waals surface area contributed by atoms with Gasteiger partial charge in [0.05, 0.1) is 6.21 Å². The third-order valence-electron chi connectivity index (χ3n) is 3.33. The number of nitrogens with one attached hydrogen (secondary N) is 1. The Hall–Kier alpha value is -2.68. The van der Waals surface area contributed by atoms with E-state index in [0.717, 1.165) is 18.4 Å². The summed E-state index contributed by atoms with van der Waals surface area (Å²) in [7, 11) is 0. The maximum Gasteiger partial charge on any atom is 0.252 e. The Morgan fingerprint density at radius 2 is 2.05 bits per heavy atom. The molecule has 0 aliphatic carbocycles. The van der Waals surface area contributed by atoms with Crippen LogP contribution in [0, 0.1) is 17.1 Å². The van der Waals surface area contributed by atoms with Gasteiger partial charge in [-0.3, -0.25) is 0 Å². The molecule has 6 heteroatoms. The smallest absolute Gasteiger partial charge is 0.252 e. The minimum atomic E-state index is -0.304. The van der Waals surface area contributed by atoms with E-state index in [2.05, 4.69) is 15.5 Å². The molecule has 0 unspecified atom stereocenters. The Morgan fingerprint density at radius 1 is 1.36 bits per heavy atom. The summed E-state index contributed by atoms with van der Waals surface area (Å²) in [6.45, 7) is 4.09. The normalized spacial score (nSPS) is 11.0. The highest BCUT2D eigenvalue weighted by molar-refractivity contribution is 5.80. The lowest BCUT2D eigenvalue weighted by molar-refractivity contribution is 0.439. The van der Waals surface area contributed by atoms with Crippen LogP contribution in [-0.4, -0.2) is 11.2 Å².